The van der Waals surface area contributed by atoms with Crippen molar-refractivity contribution in [2.24, 2.45) is 5.10 Å². The van der Waals surface area contributed by atoms with Crippen LogP contribution in [0, 0.1) is 5.82 Å². The van der Waals surface area contributed by atoms with Crippen molar-refractivity contribution in [1.82, 2.24) is 30.7 Å². The van der Waals surface area contributed by atoms with Crippen LogP contribution in [0.5, 0.6) is 5.75 Å². The van der Waals surface area contributed by atoms with Gasteiger partial charge in [-0.15, -0.1) is 5.10 Å². The second kappa shape index (κ2) is 10.7. The molecule has 2 heterocycles. The molecule has 38 heavy (non-hydrogen) atoms. The molecule has 0 aliphatic heterocycles. The van der Waals surface area contributed by atoms with Crippen molar-refractivity contribution in [2.45, 2.75) is 13.5 Å². The van der Waals surface area contributed by atoms with Crippen LogP contribution in [0.1, 0.15) is 28.5 Å². The van der Waals surface area contributed by atoms with Gasteiger partial charge in [0.1, 0.15) is 23.9 Å². The zero-order valence-corrected chi connectivity index (χ0v) is 20.1. The first-order valence-corrected chi connectivity index (χ1v) is 11.4. The zero-order valence-electron chi connectivity index (χ0n) is 20.1. The average molecular weight is 513 g/mol. The summed E-state index contributed by atoms with van der Waals surface area (Å²) in [6.45, 7) is 1.84. The lowest BCUT2D eigenvalue weighted by atomic mass is 10.1. The number of anilines is 1. The van der Waals surface area contributed by atoms with Crippen LogP contribution in [-0.2, 0) is 6.61 Å². The van der Waals surface area contributed by atoms with Crippen molar-refractivity contribution < 1.29 is 18.6 Å². The highest BCUT2D eigenvalue weighted by atomic mass is 19.1. The largest absolute Gasteiger partial charge is 0.489 e. The fourth-order valence-electron chi connectivity index (χ4n) is 3.58. The quantitative estimate of drug-likeness (QED) is 0.236. The van der Waals surface area contributed by atoms with Gasteiger partial charge in [-0.2, -0.15) is 9.78 Å². The van der Waals surface area contributed by atoms with E-state index in [1.54, 1.807) is 61.5 Å². The molecule has 0 atom stereocenters. The lowest BCUT2D eigenvalue weighted by Crippen LogP contribution is -2.23. The molecule has 0 saturated heterocycles. The Balaban J connectivity index is 1.34. The third-order valence-electron chi connectivity index (χ3n) is 5.58. The van der Waals surface area contributed by atoms with Gasteiger partial charge in [0.25, 0.3) is 5.91 Å². The molecule has 0 unspecified atom stereocenters. The van der Waals surface area contributed by atoms with Gasteiger partial charge < -0.3 is 10.5 Å². The number of halogens is 1. The molecule has 0 radical (unpaired) electrons. The molecule has 0 saturated carbocycles. The fraction of sp³-hybridized carbons (Fsp3) is 0.0769. The number of nitrogens with zero attached hydrogens (tertiary/aromatic N) is 6. The van der Waals surface area contributed by atoms with Crippen molar-refractivity contribution in [2.75, 3.05) is 5.73 Å². The minimum atomic E-state index is -0.597. The number of hydrazone groups is 1. The number of carbonyl (C=O) groups excluding carboxylic acids is 1. The van der Waals surface area contributed by atoms with Gasteiger partial charge in [0, 0.05) is 11.1 Å². The lowest BCUT2D eigenvalue weighted by molar-refractivity contribution is 0.0947. The van der Waals surface area contributed by atoms with E-state index < -0.39 is 5.91 Å². The van der Waals surface area contributed by atoms with Gasteiger partial charge in [-0.1, -0.05) is 53.7 Å². The molecular weight excluding hydrogens is 491 g/mol. The van der Waals surface area contributed by atoms with Crippen LogP contribution >= 0.6 is 0 Å². The Labute approximate surface area is 215 Å². The molecule has 5 aromatic rings. The van der Waals surface area contributed by atoms with Gasteiger partial charge in [-0.25, -0.2) is 14.4 Å². The molecule has 1 amide bonds. The van der Waals surface area contributed by atoms with E-state index in [-0.39, 0.29) is 29.8 Å². The van der Waals surface area contributed by atoms with Crippen molar-refractivity contribution in [3.8, 4) is 22.8 Å². The molecule has 0 bridgehead atoms. The summed E-state index contributed by atoms with van der Waals surface area (Å²) in [5.74, 6) is -0.384. The minimum Gasteiger partial charge on any atom is -0.489 e. The second-order valence-electron chi connectivity index (χ2n) is 8.08. The molecule has 0 aliphatic carbocycles. The lowest BCUT2D eigenvalue weighted by Gasteiger charge is -2.09. The van der Waals surface area contributed by atoms with E-state index in [1.165, 1.54) is 6.07 Å². The number of nitrogens with one attached hydrogen (secondary N) is 1. The summed E-state index contributed by atoms with van der Waals surface area (Å²) in [6, 6.07) is 22.5. The topological polar surface area (TPSA) is 146 Å². The third kappa shape index (κ3) is 5.09. The predicted molar refractivity (Wildman–Crippen MR) is 136 cm³/mol. The molecule has 190 valence electrons. The molecule has 11 nitrogen and oxygen atoms in total. The Bertz CT molecular complexity index is 1600. The Kier molecular flexibility index (Phi) is 6.85. The van der Waals surface area contributed by atoms with Gasteiger partial charge >= 0.3 is 0 Å². The van der Waals surface area contributed by atoms with E-state index in [2.05, 4.69) is 35.8 Å². The van der Waals surface area contributed by atoms with Crippen molar-refractivity contribution in [3.05, 3.63) is 102 Å². The van der Waals surface area contributed by atoms with E-state index in [1.807, 2.05) is 18.2 Å². The zero-order chi connectivity index (χ0) is 26.5. The standard InChI is InChI=1S/C26H21FN8O3/c1-16(17-11-13-20(14-12-17)37-15-19-9-5-6-10-21(19)27)29-31-26(36)23-22(18-7-3-2-4-8-18)30-34-35(23)25-24(28)32-38-33-25/h2-14H,15H2,1H3,(H2,28,32)(H,31,36)/b29-16+. The first kappa shape index (κ1) is 24.3. The van der Waals surface area contributed by atoms with Gasteiger partial charge in [0.05, 0.1) is 5.71 Å². The van der Waals surface area contributed by atoms with Gasteiger partial charge in [-0.3, -0.25) is 4.79 Å². The fourth-order valence-corrected chi connectivity index (χ4v) is 3.58. The van der Waals surface area contributed by atoms with Crippen LogP contribution in [0.4, 0.5) is 10.2 Å². The molecule has 0 spiro atoms. The summed E-state index contributed by atoms with van der Waals surface area (Å²) in [5.41, 5.74) is 11.1. The Morgan fingerprint density at radius 2 is 1.79 bits per heavy atom. The monoisotopic (exact) mass is 512 g/mol. The highest BCUT2D eigenvalue weighted by molar-refractivity contribution is 6.02. The highest BCUT2D eigenvalue weighted by Crippen LogP contribution is 2.24. The number of ether oxygens (including phenoxy) is 1. The Morgan fingerprint density at radius 1 is 1.05 bits per heavy atom. The maximum absolute atomic E-state index is 13.8. The SMILES string of the molecule is C/C(=N\NC(=O)c1c(-c2ccccc2)nnn1-c1nonc1N)c1ccc(OCc2ccccc2F)cc1. The maximum Gasteiger partial charge on any atom is 0.292 e. The second-order valence-corrected chi connectivity index (χ2v) is 8.08. The predicted octanol–water partition coefficient (Wildman–Crippen LogP) is 3.77. The Hall–Kier alpha value is -5.39. The first-order chi connectivity index (χ1) is 18.5. The van der Waals surface area contributed by atoms with E-state index in [4.69, 9.17) is 10.5 Å². The number of hydrogen-bond acceptors (Lipinski definition) is 9. The molecule has 5 rings (SSSR count). The summed E-state index contributed by atoms with van der Waals surface area (Å²) in [6.07, 6.45) is 0. The number of amides is 1. The molecule has 3 aromatic carbocycles. The maximum atomic E-state index is 13.8. The van der Waals surface area contributed by atoms with Crippen LogP contribution in [0.25, 0.3) is 17.1 Å². The van der Waals surface area contributed by atoms with E-state index in [9.17, 15) is 9.18 Å². The molecule has 12 heteroatoms. The molecule has 0 aliphatic rings. The number of hydrogen-bond donors (Lipinski definition) is 2. The smallest absolute Gasteiger partial charge is 0.292 e. The van der Waals surface area contributed by atoms with Crippen molar-refractivity contribution >= 4 is 17.4 Å². The van der Waals surface area contributed by atoms with Gasteiger partial charge in [0.15, 0.2) is 5.69 Å². The number of benzene rings is 3. The molecule has 3 N–H and O–H groups in total. The van der Waals surface area contributed by atoms with Gasteiger partial charge in [0.2, 0.25) is 11.6 Å². The molecule has 2 aromatic heterocycles. The van der Waals surface area contributed by atoms with Crippen LogP contribution < -0.4 is 15.9 Å². The number of nitrogens with two attached hydrogens (primary N) is 1. The van der Waals surface area contributed by atoms with E-state index >= 15 is 0 Å². The molecular formula is C26H21FN8O3. The Morgan fingerprint density at radius 3 is 2.50 bits per heavy atom. The highest BCUT2D eigenvalue weighted by Gasteiger charge is 2.26. The minimum absolute atomic E-state index is 0.0245. The summed E-state index contributed by atoms with van der Waals surface area (Å²) < 4.78 is 25.3. The van der Waals surface area contributed by atoms with E-state index in [0.29, 0.717) is 28.3 Å². The summed E-state index contributed by atoms with van der Waals surface area (Å²) in [5, 5.41) is 19.7. The normalized spacial score (nSPS) is 11.4. The van der Waals surface area contributed by atoms with Crippen LogP contribution in [0.2, 0.25) is 0 Å². The van der Waals surface area contributed by atoms with E-state index in [0.717, 1.165) is 10.2 Å². The van der Waals surface area contributed by atoms with Crippen LogP contribution in [0.3, 0.4) is 0 Å². The number of carbonyl (C=O) groups is 1. The molecule has 0 fully saturated rings. The summed E-state index contributed by atoms with van der Waals surface area (Å²) in [4.78, 5) is 13.3. The average Bonchev–Trinajstić information content (AvgIpc) is 3.58. The van der Waals surface area contributed by atoms with Gasteiger partial charge in [-0.05, 0) is 53.1 Å². The van der Waals surface area contributed by atoms with Crippen molar-refractivity contribution in [1.29, 1.82) is 0 Å². The first-order valence-electron chi connectivity index (χ1n) is 11.4. The number of nitrogen functional groups attached to an aromatic ring is 1. The third-order valence-corrected chi connectivity index (χ3v) is 5.58. The summed E-state index contributed by atoms with van der Waals surface area (Å²) >= 11 is 0. The van der Waals surface area contributed by atoms with Crippen LogP contribution in [-0.4, -0.2) is 36.9 Å². The number of aromatic nitrogens is 5. The number of rotatable bonds is 8. The van der Waals surface area contributed by atoms with Crippen LogP contribution in [0.15, 0.2) is 88.6 Å². The summed E-state index contributed by atoms with van der Waals surface area (Å²) in [7, 11) is 0. The van der Waals surface area contributed by atoms with Crippen molar-refractivity contribution in [3.63, 3.8) is 0 Å².